The zero-order chi connectivity index (χ0) is 15.7. The van der Waals surface area contributed by atoms with Crippen molar-refractivity contribution in [3.63, 3.8) is 0 Å². The Hall–Kier alpha value is -0.800. The summed E-state index contributed by atoms with van der Waals surface area (Å²) in [5, 5.41) is 3.49. The van der Waals surface area contributed by atoms with Crippen LogP contribution < -0.4 is 5.32 Å². The van der Waals surface area contributed by atoms with Gasteiger partial charge in [-0.1, -0.05) is 13.8 Å². The molecule has 1 N–H and O–H groups in total. The van der Waals surface area contributed by atoms with Gasteiger partial charge in [-0.2, -0.15) is 0 Å². The summed E-state index contributed by atoms with van der Waals surface area (Å²) in [4.78, 5) is 2.56. The molecule has 120 valence electrons. The molecule has 0 spiro atoms. The maximum Gasteiger partial charge on any atom is 0.118 e. The third kappa shape index (κ3) is 5.15. The van der Waals surface area contributed by atoms with Gasteiger partial charge in [-0.3, -0.25) is 4.90 Å². The van der Waals surface area contributed by atoms with Gasteiger partial charge < -0.3 is 9.73 Å². The van der Waals surface area contributed by atoms with E-state index in [2.05, 4.69) is 57.8 Å². The van der Waals surface area contributed by atoms with Crippen molar-refractivity contribution in [3.05, 3.63) is 23.2 Å². The number of hydrogen-bond donors (Lipinski definition) is 1. The Labute approximate surface area is 130 Å². The average Bonchev–Trinajstić information content (AvgIpc) is 2.70. The highest BCUT2D eigenvalue weighted by atomic mass is 16.3. The minimum Gasteiger partial charge on any atom is -0.465 e. The first-order valence-electron chi connectivity index (χ1n) is 8.20. The minimum atomic E-state index is 0.124. The molecule has 0 unspecified atom stereocenters. The van der Waals surface area contributed by atoms with E-state index in [0.29, 0.717) is 5.41 Å². The van der Waals surface area contributed by atoms with E-state index in [1.54, 1.807) is 0 Å². The van der Waals surface area contributed by atoms with Crippen molar-refractivity contribution in [1.82, 2.24) is 10.2 Å². The summed E-state index contributed by atoms with van der Waals surface area (Å²) in [6, 6.07) is 2.23. The second-order valence-corrected chi connectivity index (χ2v) is 8.34. The maximum atomic E-state index is 5.90. The lowest BCUT2D eigenvalue weighted by Crippen LogP contribution is -2.36. The molecule has 1 aromatic rings. The van der Waals surface area contributed by atoms with Crippen LogP contribution in [0.15, 0.2) is 10.5 Å². The Kier molecular flexibility index (Phi) is 4.84. The fourth-order valence-electron chi connectivity index (χ4n) is 2.74. The molecule has 0 amide bonds. The van der Waals surface area contributed by atoms with E-state index in [1.165, 1.54) is 31.5 Å². The van der Waals surface area contributed by atoms with E-state index >= 15 is 0 Å². The Morgan fingerprint density at radius 2 is 1.86 bits per heavy atom. The number of furan rings is 1. The van der Waals surface area contributed by atoms with Crippen molar-refractivity contribution < 1.29 is 4.42 Å². The molecule has 1 aliphatic heterocycles. The number of hydrogen-bond acceptors (Lipinski definition) is 3. The third-order valence-corrected chi connectivity index (χ3v) is 4.47. The van der Waals surface area contributed by atoms with Crippen molar-refractivity contribution in [2.45, 2.75) is 73.0 Å². The molecular formula is C18H32N2O. The first kappa shape index (κ1) is 16.6. The smallest absolute Gasteiger partial charge is 0.118 e. The largest absolute Gasteiger partial charge is 0.465 e. The van der Waals surface area contributed by atoms with Crippen molar-refractivity contribution >= 4 is 0 Å². The Morgan fingerprint density at radius 3 is 2.43 bits per heavy atom. The zero-order valence-corrected chi connectivity index (χ0v) is 14.7. The standard InChI is InChI=1S/C18H32N2O/c1-14-15(11-16(21-14)12-19-17(2,3)4)13-20-9-7-18(5,6)8-10-20/h11,19H,7-10,12-13H2,1-6H3. The first-order chi connectivity index (χ1) is 9.65. The van der Waals surface area contributed by atoms with E-state index in [9.17, 15) is 0 Å². The predicted molar refractivity (Wildman–Crippen MR) is 88.3 cm³/mol. The summed E-state index contributed by atoms with van der Waals surface area (Å²) in [5.41, 5.74) is 1.99. The summed E-state index contributed by atoms with van der Waals surface area (Å²) in [6.07, 6.45) is 2.59. The lowest BCUT2D eigenvalue weighted by atomic mass is 9.82. The van der Waals surface area contributed by atoms with Gasteiger partial charge >= 0.3 is 0 Å². The Morgan fingerprint density at radius 1 is 1.24 bits per heavy atom. The molecule has 1 saturated heterocycles. The van der Waals surface area contributed by atoms with Crippen LogP contribution in [-0.2, 0) is 13.1 Å². The SMILES string of the molecule is Cc1oc(CNC(C)(C)C)cc1CN1CCC(C)(C)CC1. The van der Waals surface area contributed by atoms with Crippen molar-refractivity contribution in [2.24, 2.45) is 5.41 Å². The summed E-state index contributed by atoms with van der Waals surface area (Å²) in [7, 11) is 0. The van der Waals surface area contributed by atoms with Crippen LogP contribution in [0.2, 0.25) is 0 Å². The van der Waals surface area contributed by atoms with Crippen LogP contribution in [0.3, 0.4) is 0 Å². The van der Waals surface area contributed by atoms with Gasteiger partial charge in [-0.15, -0.1) is 0 Å². The van der Waals surface area contributed by atoms with Crippen LogP contribution in [0, 0.1) is 12.3 Å². The summed E-state index contributed by atoms with van der Waals surface area (Å²) < 4.78 is 5.90. The molecule has 2 heterocycles. The van der Waals surface area contributed by atoms with E-state index in [1.807, 2.05) is 0 Å². The Balaban J connectivity index is 1.91. The van der Waals surface area contributed by atoms with Crippen LogP contribution >= 0.6 is 0 Å². The van der Waals surface area contributed by atoms with Gasteiger partial charge in [-0.25, -0.2) is 0 Å². The normalized spacial score (nSPS) is 19.9. The highest BCUT2D eigenvalue weighted by molar-refractivity contribution is 5.21. The second kappa shape index (κ2) is 6.13. The molecule has 3 nitrogen and oxygen atoms in total. The van der Waals surface area contributed by atoms with Crippen LogP contribution in [0.1, 0.15) is 64.5 Å². The molecule has 2 rings (SSSR count). The molecule has 0 aliphatic carbocycles. The molecule has 0 saturated carbocycles. The van der Waals surface area contributed by atoms with E-state index in [0.717, 1.165) is 24.6 Å². The lowest BCUT2D eigenvalue weighted by molar-refractivity contribution is 0.126. The molecule has 1 fully saturated rings. The summed E-state index contributed by atoms with van der Waals surface area (Å²) in [6.45, 7) is 17.6. The van der Waals surface area contributed by atoms with Gasteiger partial charge in [0.25, 0.3) is 0 Å². The van der Waals surface area contributed by atoms with Gasteiger partial charge in [0.2, 0.25) is 0 Å². The van der Waals surface area contributed by atoms with Crippen molar-refractivity contribution in [3.8, 4) is 0 Å². The minimum absolute atomic E-state index is 0.124. The number of rotatable bonds is 4. The van der Waals surface area contributed by atoms with Gasteiger partial charge in [0, 0.05) is 17.6 Å². The average molecular weight is 292 g/mol. The van der Waals surface area contributed by atoms with Gasteiger partial charge in [0.1, 0.15) is 11.5 Å². The van der Waals surface area contributed by atoms with Gasteiger partial charge in [0.15, 0.2) is 0 Å². The molecule has 0 atom stereocenters. The quantitative estimate of drug-likeness (QED) is 0.905. The Bertz CT molecular complexity index is 458. The van der Waals surface area contributed by atoms with Gasteiger partial charge in [0.05, 0.1) is 6.54 Å². The van der Waals surface area contributed by atoms with E-state index < -0.39 is 0 Å². The van der Waals surface area contributed by atoms with Crippen LogP contribution in [-0.4, -0.2) is 23.5 Å². The van der Waals surface area contributed by atoms with Gasteiger partial charge in [-0.05, 0) is 65.1 Å². The summed E-state index contributed by atoms with van der Waals surface area (Å²) >= 11 is 0. The lowest BCUT2D eigenvalue weighted by Gasteiger charge is -2.36. The molecule has 1 aromatic heterocycles. The second-order valence-electron chi connectivity index (χ2n) is 8.34. The number of likely N-dealkylation sites (tertiary alicyclic amines) is 1. The third-order valence-electron chi connectivity index (χ3n) is 4.47. The fraction of sp³-hybridized carbons (Fsp3) is 0.778. The fourth-order valence-corrected chi connectivity index (χ4v) is 2.74. The number of nitrogens with zero attached hydrogens (tertiary/aromatic N) is 1. The topological polar surface area (TPSA) is 28.4 Å². The van der Waals surface area contributed by atoms with Crippen molar-refractivity contribution in [2.75, 3.05) is 13.1 Å². The maximum absolute atomic E-state index is 5.90. The monoisotopic (exact) mass is 292 g/mol. The molecule has 1 aliphatic rings. The summed E-state index contributed by atoms with van der Waals surface area (Å²) in [5.74, 6) is 2.13. The highest BCUT2D eigenvalue weighted by Gasteiger charge is 2.25. The molecule has 3 heteroatoms. The zero-order valence-electron chi connectivity index (χ0n) is 14.7. The van der Waals surface area contributed by atoms with Crippen LogP contribution in [0.25, 0.3) is 0 Å². The number of aryl methyl sites for hydroxylation is 1. The predicted octanol–water partition coefficient (Wildman–Crippen LogP) is 4.10. The highest BCUT2D eigenvalue weighted by Crippen LogP contribution is 2.30. The molecule has 0 bridgehead atoms. The molecule has 0 radical (unpaired) electrons. The first-order valence-corrected chi connectivity index (χ1v) is 8.20. The number of piperidine rings is 1. The molecule has 0 aromatic carbocycles. The van der Waals surface area contributed by atoms with Crippen molar-refractivity contribution in [1.29, 1.82) is 0 Å². The van der Waals surface area contributed by atoms with Crippen LogP contribution in [0.4, 0.5) is 0 Å². The van der Waals surface area contributed by atoms with E-state index in [-0.39, 0.29) is 5.54 Å². The van der Waals surface area contributed by atoms with E-state index in [4.69, 9.17) is 4.42 Å². The molecule has 21 heavy (non-hydrogen) atoms. The number of nitrogens with one attached hydrogen (secondary N) is 1. The van der Waals surface area contributed by atoms with Crippen LogP contribution in [0.5, 0.6) is 0 Å². The molecular weight excluding hydrogens is 260 g/mol.